The Morgan fingerprint density at radius 1 is 1.32 bits per heavy atom. The summed E-state index contributed by atoms with van der Waals surface area (Å²) < 4.78 is 16.6. The maximum Gasteiger partial charge on any atom is 0.334 e. The lowest BCUT2D eigenvalue weighted by molar-refractivity contribution is -0.150. The Labute approximate surface area is 164 Å². The first-order chi connectivity index (χ1) is 13.2. The molecule has 7 heteroatoms. The number of carbonyl (C=O) groups excluding carboxylic acids is 3. The first-order valence-corrected chi connectivity index (χ1v) is 9.44. The number of hydrogen-bond acceptors (Lipinski definition) is 7. The molecule has 3 aliphatic rings. The topological polar surface area (TPSA) is 99.1 Å². The lowest BCUT2D eigenvalue weighted by Crippen LogP contribution is -2.36. The van der Waals surface area contributed by atoms with E-state index in [1.807, 2.05) is 6.08 Å². The number of carbonyl (C=O) groups is 3. The zero-order valence-electron chi connectivity index (χ0n) is 16.2. The molecule has 152 valence electrons. The van der Waals surface area contributed by atoms with Gasteiger partial charge in [0.15, 0.2) is 0 Å². The van der Waals surface area contributed by atoms with E-state index in [2.05, 4.69) is 13.2 Å². The Hall–Kier alpha value is -2.41. The average molecular weight is 390 g/mol. The number of rotatable bonds is 5. The van der Waals surface area contributed by atoms with Gasteiger partial charge in [0.1, 0.15) is 12.2 Å². The zero-order chi connectivity index (χ0) is 20.6. The third-order valence-electron chi connectivity index (χ3n) is 5.99. The van der Waals surface area contributed by atoms with Crippen molar-refractivity contribution >= 4 is 17.9 Å². The average Bonchev–Trinajstić information content (AvgIpc) is 3.15. The molecule has 0 spiro atoms. The van der Waals surface area contributed by atoms with Gasteiger partial charge in [-0.1, -0.05) is 19.2 Å². The summed E-state index contributed by atoms with van der Waals surface area (Å²) in [4.78, 5) is 35.9. The van der Waals surface area contributed by atoms with Crippen molar-refractivity contribution in [1.82, 2.24) is 0 Å². The maximum absolute atomic E-state index is 12.3. The van der Waals surface area contributed by atoms with Crippen LogP contribution in [-0.4, -0.2) is 48.4 Å². The molecule has 1 aliphatic heterocycles. The van der Waals surface area contributed by atoms with E-state index in [4.69, 9.17) is 14.2 Å². The molecule has 6 atom stereocenters. The molecule has 0 amide bonds. The van der Waals surface area contributed by atoms with Crippen LogP contribution in [0, 0.1) is 23.7 Å². The SMILES string of the molecule is C=C(C)C(=O)O[C@@H]1C[C@H](COC(C)=O)C2CC=C(CO)C2[C@@H]2OC(=O)C(=C)[C@H]12. The molecule has 0 aromatic rings. The minimum Gasteiger partial charge on any atom is -0.466 e. The molecule has 3 rings (SSSR count). The fourth-order valence-corrected chi connectivity index (χ4v) is 4.69. The van der Waals surface area contributed by atoms with Gasteiger partial charge in [-0.2, -0.15) is 0 Å². The fraction of sp³-hybridized carbons (Fsp3) is 0.571. The highest BCUT2D eigenvalue weighted by Gasteiger charge is 2.56. The second-order valence-corrected chi connectivity index (χ2v) is 7.81. The second-order valence-electron chi connectivity index (χ2n) is 7.81. The van der Waals surface area contributed by atoms with Crippen LogP contribution < -0.4 is 0 Å². The quantitative estimate of drug-likeness (QED) is 0.330. The highest BCUT2D eigenvalue weighted by atomic mass is 16.6. The van der Waals surface area contributed by atoms with Crippen molar-refractivity contribution in [3.8, 4) is 0 Å². The zero-order valence-corrected chi connectivity index (χ0v) is 16.2. The minimum atomic E-state index is -0.653. The van der Waals surface area contributed by atoms with E-state index in [9.17, 15) is 19.5 Å². The first-order valence-electron chi connectivity index (χ1n) is 9.44. The van der Waals surface area contributed by atoms with Gasteiger partial charge in [0.2, 0.25) is 0 Å². The van der Waals surface area contributed by atoms with Crippen LogP contribution >= 0.6 is 0 Å². The van der Waals surface area contributed by atoms with E-state index < -0.39 is 30.1 Å². The Morgan fingerprint density at radius 3 is 2.64 bits per heavy atom. The second kappa shape index (κ2) is 7.91. The maximum atomic E-state index is 12.3. The molecule has 0 aromatic heterocycles. The van der Waals surface area contributed by atoms with Gasteiger partial charge in [0, 0.05) is 29.9 Å². The highest BCUT2D eigenvalue weighted by molar-refractivity contribution is 5.91. The van der Waals surface area contributed by atoms with E-state index in [0.29, 0.717) is 12.8 Å². The van der Waals surface area contributed by atoms with Crippen LogP contribution in [0.3, 0.4) is 0 Å². The van der Waals surface area contributed by atoms with Gasteiger partial charge in [-0.25, -0.2) is 9.59 Å². The molecule has 2 fully saturated rings. The lowest BCUT2D eigenvalue weighted by Gasteiger charge is -2.30. The van der Waals surface area contributed by atoms with Gasteiger partial charge < -0.3 is 19.3 Å². The van der Waals surface area contributed by atoms with Crippen molar-refractivity contribution in [3.63, 3.8) is 0 Å². The minimum absolute atomic E-state index is 0.00114. The van der Waals surface area contributed by atoms with Crippen LogP contribution in [0.1, 0.15) is 26.7 Å². The number of ether oxygens (including phenoxy) is 3. The molecule has 1 saturated heterocycles. The van der Waals surface area contributed by atoms with Crippen LogP contribution in [0.4, 0.5) is 0 Å². The number of allylic oxidation sites excluding steroid dienone is 1. The summed E-state index contributed by atoms with van der Waals surface area (Å²) in [6.07, 6.45) is 1.80. The Bertz CT molecular complexity index is 750. The van der Waals surface area contributed by atoms with Crippen LogP contribution in [0.15, 0.2) is 36.0 Å². The summed E-state index contributed by atoms with van der Waals surface area (Å²) >= 11 is 0. The van der Waals surface area contributed by atoms with Crippen molar-refractivity contribution in [2.75, 3.05) is 13.2 Å². The van der Waals surface area contributed by atoms with E-state index >= 15 is 0 Å². The summed E-state index contributed by atoms with van der Waals surface area (Å²) in [5.41, 5.74) is 1.31. The predicted octanol–water partition coefficient (Wildman–Crippen LogP) is 1.71. The molecule has 0 aromatic carbocycles. The van der Waals surface area contributed by atoms with Gasteiger partial charge in [-0.3, -0.25) is 4.79 Å². The van der Waals surface area contributed by atoms with Crippen molar-refractivity contribution < 1.29 is 33.7 Å². The number of fused-ring (bicyclic) bond motifs is 3. The molecule has 28 heavy (non-hydrogen) atoms. The predicted molar refractivity (Wildman–Crippen MR) is 98.7 cm³/mol. The van der Waals surface area contributed by atoms with E-state index in [-0.39, 0.29) is 48.1 Å². The largest absolute Gasteiger partial charge is 0.466 e. The molecular weight excluding hydrogens is 364 g/mol. The van der Waals surface area contributed by atoms with E-state index in [0.717, 1.165) is 5.57 Å². The number of aliphatic hydroxyl groups excluding tert-OH is 1. The van der Waals surface area contributed by atoms with Gasteiger partial charge >= 0.3 is 17.9 Å². The third kappa shape index (κ3) is 3.63. The molecule has 1 saturated carbocycles. The Morgan fingerprint density at radius 2 is 2.04 bits per heavy atom. The van der Waals surface area contributed by atoms with Gasteiger partial charge in [-0.05, 0) is 31.3 Å². The monoisotopic (exact) mass is 390 g/mol. The lowest BCUT2D eigenvalue weighted by atomic mass is 9.78. The standard InChI is InChI=1S/C21H26O7/c1-10(2)20(24)27-16-7-14(9-26-12(4)23)15-6-5-13(8-22)18(15)19-17(16)11(3)21(25)28-19/h5,14-19,22H,1,3,6-9H2,2,4H3/t14-,15?,16-,17-,18?,19-/m1/s1. The molecule has 2 aliphatic carbocycles. The summed E-state index contributed by atoms with van der Waals surface area (Å²) in [6, 6.07) is 0. The first kappa shape index (κ1) is 20.3. The van der Waals surface area contributed by atoms with Crippen molar-refractivity contribution in [3.05, 3.63) is 36.0 Å². The third-order valence-corrected chi connectivity index (χ3v) is 5.99. The van der Waals surface area contributed by atoms with Crippen molar-refractivity contribution in [1.29, 1.82) is 0 Å². The molecular formula is C21H26O7. The van der Waals surface area contributed by atoms with Crippen LogP contribution in [0.25, 0.3) is 0 Å². The molecule has 0 radical (unpaired) electrons. The van der Waals surface area contributed by atoms with Gasteiger partial charge in [0.25, 0.3) is 0 Å². The Kier molecular flexibility index (Phi) is 5.74. The number of hydrogen-bond donors (Lipinski definition) is 1. The smallest absolute Gasteiger partial charge is 0.334 e. The van der Waals surface area contributed by atoms with Gasteiger partial charge in [0.05, 0.1) is 19.1 Å². The highest BCUT2D eigenvalue weighted by Crippen LogP contribution is 2.51. The van der Waals surface area contributed by atoms with Crippen LogP contribution in [-0.2, 0) is 28.6 Å². The molecule has 2 unspecified atom stereocenters. The molecule has 1 heterocycles. The molecule has 1 N–H and O–H groups in total. The summed E-state index contributed by atoms with van der Waals surface area (Å²) in [7, 11) is 0. The number of esters is 3. The van der Waals surface area contributed by atoms with Crippen molar-refractivity contribution in [2.45, 2.75) is 38.9 Å². The summed E-state index contributed by atoms with van der Waals surface area (Å²) in [6.45, 7) is 10.4. The molecule has 7 nitrogen and oxygen atoms in total. The van der Waals surface area contributed by atoms with Gasteiger partial charge in [-0.15, -0.1) is 0 Å². The Balaban J connectivity index is 1.98. The van der Waals surface area contributed by atoms with E-state index in [1.54, 1.807) is 6.92 Å². The molecule has 0 bridgehead atoms. The van der Waals surface area contributed by atoms with E-state index in [1.165, 1.54) is 6.92 Å². The van der Waals surface area contributed by atoms with Crippen molar-refractivity contribution in [2.24, 2.45) is 23.7 Å². The summed E-state index contributed by atoms with van der Waals surface area (Å²) in [5, 5.41) is 9.82. The normalized spacial score (nSPS) is 33.9. The number of aliphatic hydroxyl groups is 1. The van der Waals surface area contributed by atoms with Crippen LogP contribution in [0.2, 0.25) is 0 Å². The summed E-state index contributed by atoms with van der Waals surface area (Å²) in [5.74, 6) is -2.30. The fourth-order valence-electron chi connectivity index (χ4n) is 4.69. The van der Waals surface area contributed by atoms with Crippen LogP contribution in [0.5, 0.6) is 0 Å².